The van der Waals surface area contributed by atoms with E-state index in [4.69, 9.17) is 5.73 Å². The SMILES string of the molecule is NCCCC[C@@H]1NC(=O)[C@@H](CN(O)C=O)CCCCCCCNC1=O. The number of hydrogen-bond donors (Lipinski definition) is 4. The van der Waals surface area contributed by atoms with Crippen LogP contribution in [0.3, 0.4) is 0 Å². The summed E-state index contributed by atoms with van der Waals surface area (Å²) in [5.41, 5.74) is 5.50. The lowest BCUT2D eigenvalue weighted by molar-refractivity contribution is -0.155. The number of unbranched alkanes of at least 4 members (excludes halogenated alkanes) is 1. The maximum Gasteiger partial charge on any atom is 0.242 e. The summed E-state index contributed by atoms with van der Waals surface area (Å²) < 4.78 is 0. The first-order valence-electron chi connectivity index (χ1n) is 9.27. The molecule has 0 saturated carbocycles. The van der Waals surface area contributed by atoms with E-state index in [1.54, 1.807) is 0 Å². The van der Waals surface area contributed by atoms with Crippen LogP contribution in [-0.2, 0) is 14.4 Å². The predicted molar refractivity (Wildman–Crippen MR) is 93.6 cm³/mol. The van der Waals surface area contributed by atoms with Crippen molar-refractivity contribution < 1.29 is 19.6 Å². The molecule has 0 spiro atoms. The predicted octanol–water partition coefficient (Wildman–Crippen LogP) is 0.534. The molecule has 0 unspecified atom stereocenters. The van der Waals surface area contributed by atoms with Gasteiger partial charge in [0.25, 0.3) is 0 Å². The van der Waals surface area contributed by atoms with Crippen molar-refractivity contribution in [3.8, 4) is 0 Å². The zero-order valence-corrected chi connectivity index (χ0v) is 14.9. The molecule has 144 valence electrons. The molecule has 25 heavy (non-hydrogen) atoms. The van der Waals surface area contributed by atoms with E-state index in [-0.39, 0.29) is 18.4 Å². The first-order chi connectivity index (χ1) is 12.1. The second kappa shape index (κ2) is 12.7. The molecule has 0 bridgehead atoms. The van der Waals surface area contributed by atoms with E-state index in [2.05, 4.69) is 10.6 Å². The average Bonchev–Trinajstić information content (AvgIpc) is 2.61. The van der Waals surface area contributed by atoms with Crippen molar-refractivity contribution in [1.29, 1.82) is 0 Å². The van der Waals surface area contributed by atoms with Gasteiger partial charge in [-0.15, -0.1) is 0 Å². The second-order valence-corrected chi connectivity index (χ2v) is 6.62. The molecule has 3 amide bonds. The van der Waals surface area contributed by atoms with Gasteiger partial charge in [-0.1, -0.05) is 25.7 Å². The molecule has 1 heterocycles. The van der Waals surface area contributed by atoms with E-state index in [1.165, 1.54) is 0 Å². The molecule has 0 aromatic carbocycles. The van der Waals surface area contributed by atoms with Crippen molar-refractivity contribution in [2.24, 2.45) is 11.7 Å². The molecule has 1 aliphatic rings. The molecule has 1 fully saturated rings. The summed E-state index contributed by atoms with van der Waals surface area (Å²) in [7, 11) is 0. The fourth-order valence-corrected chi connectivity index (χ4v) is 3.01. The van der Waals surface area contributed by atoms with Crippen LogP contribution in [0, 0.1) is 5.92 Å². The Morgan fingerprint density at radius 2 is 1.84 bits per heavy atom. The molecule has 5 N–H and O–H groups in total. The van der Waals surface area contributed by atoms with Crippen molar-refractivity contribution in [1.82, 2.24) is 15.7 Å². The van der Waals surface area contributed by atoms with Crippen LogP contribution >= 0.6 is 0 Å². The Bertz CT molecular complexity index is 419. The minimum absolute atomic E-state index is 0.0630. The van der Waals surface area contributed by atoms with E-state index in [9.17, 15) is 19.6 Å². The number of nitrogens with two attached hydrogens (primary N) is 1. The van der Waals surface area contributed by atoms with Gasteiger partial charge in [0.05, 0.1) is 12.5 Å². The number of carbonyl (C=O) groups is 3. The molecular formula is C17H32N4O4. The van der Waals surface area contributed by atoms with E-state index in [1.807, 2.05) is 0 Å². The lowest BCUT2D eigenvalue weighted by atomic mass is 9.98. The second-order valence-electron chi connectivity index (χ2n) is 6.62. The number of nitrogens with zero attached hydrogens (tertiary/aromatic N) is 1. The van der Waals surface area contributed by atoms with Gasteiger partial charge >= 0.3 is 0 Å². The Morgan fingerprint density at radius 1 is 1.12 bits per heavy atom. The number of hydroxylamine groups is 2. The van der Waals surface area contributed by atoms with Crippen molar-refractivity contribution >= 4 is 18.2 Å². The monoisotopic (exact) mass is 356 g/mol. The summed E-state index contributed by atoms with van der Waals surface area (Å²) in [6, 6.07) is -0.606. The van der Waals surface area contributed by atoms with Crippen LogP contribution in [0.15, 0.2) is 0 Å². The Morgan fingerprint density at radius 3 is 2.56 bits per heavy atom. The minimum Gasteiger partial charge on any atom is -0.354 e. The smallest absolute Gasteiger partial charge is 0.242 e. The largest absolute Gasteiger partial charge is 0.354 e. The highest BCUT2D eigenvalue weighted by molar-refractivity contribution is 5.88. The first kappa shape index (κ1) is 21.4. The Labute approximate surface area is 149 Å². The van der Waals surface area contributed by atoms with Crippen molar-refractivity contribution in [2.75, 3.05) is 19.6 Å². The number of carbonyl (C=O) groups excluding carboxylic acids is 3. The van der Waals surface area contributed by atoms with Gasteiger partial charge in [-0.2, -0.15) is 0 Å². The van der Waals surface area contributed by atoms with Crippen LogP contribution in [0.1, 0.15) is 57.8 Å². The molecular weight excluding hydrogens is 324 g/mol. The standard InChI is InChI=1S/C17H32N4O4/c18-10-6-5-9-15-17(24)19-11-7-3-1-2-4-8-14(16(23)20-15)12-21(25)13-22/h13-15,25H,1-12,18H2,(H,19,24)(H,20,23)/t14-,15+/m1/s1. The summed E-state index contributed by atoms with van der Waals surface area (Å²) in [6.45, 7) is 1.09. The fraction of sp³-hybridized carbons (Fsp3) is 0.824. The van der Waals surface area contributed by atoms with Crippen molar-refractivity contribution in [3.63, 3.8) is 0 Å². The number of hydrogen-bond acceptors (Lipinski definition) is 5. The molecule has 0 radical (unpaired) electrons. The Hall–Kier alpha value is -1.67. The Balaban J connectivity index is 2.78. The summed E-state index contributed by atoms with van der Waals surface area (Å²) in [5, 5.41) is 15.6. The van der Waals surface area contributed by atoms with Gasteiger partial charge in [0.2, 0.25) is 18.2 Å². The van der Waals surface area contributed by atoms with Gasteiger partial charge in [0.1, 0.15) is 6.04 Å². The van der Waals surface area contributed by atoms with E-state index in [0.717, 1.165) is 44.9 Å². The van der Waals surface area contributed by atoms with Crippen LogP contribution in [0.4, 0.5) is 0 Å². The maximum atomic E-state index is 12.6. The third-order valence-corrected chi connectivity index (χ3v) is 4.51. The third-order valence-electron chi connectivity index (χ3n) is 4.51. The minimum atomic E-state index is -0.606. The van der Waals surface area contributed by atoms with E-state index >= 15 is 0 Å². The molecule has 8 heteroatoms. The van der Waals surface area contributed by atoms with Gasteiger partial charge in [-0.25, -0.2) is 5.06 Å². The van der Waals surface area contributed by atoms with Gasteiger partial charge in [-0.05, 0) is 38.6 Å². The summed E-state index contributed by atoms with van der Waals surface area (Å²) >= 11 is 0. The third kappa shape index (κ3) is 8.83. The van der Waals surface area contributed by atoms with Gasteiger partial charge in [-0.3, -0.25) is 19.6 Å². The van der Waals surface area contributed by atoms with Crippen molar-refractivity contribution in [3.05, 3.63) is 0 Å². The fourth-order valence-electron chi connectivity index (χ4n) is 3.01. The molecule has 0 aromatic heterocycles. The summed E-state index contributed by atoms with van der Waals surface area (Å²) in [4.78, 5) is 35.6. The highest BCUT2D eigenvalue weighted by atomic mass is 16.5. The zero-order valence-electron chi connectivity index (χ0n) is 14.9. The van der Waals surface area contributed by atoms with Crippen LogP contribution in [0.2, 0.25) is 0 Å². The van der Waals surface area contributed by atoms with Crippen LogP contribution < -0.4 is 16.4 Å². The lowest BCUT2D eigenvalue weighted by Crippen LogP contribution is -2.50. The summed E-state index contributed by atoms with van der Waals surface area (Å²) in [6.07, 6.45) is 7.78. The zero-order chi connectivity index (χ0) is 18.5. The van der Waals surface area contributed by atoms with Crippen LogP contribution in [0.25, 0.3) is 0 Å². The van der Waals surface area contributed by atoms with Crippen molar-refractivity contribution in [2.45, 2.75) is 63.8 Å². The lowest BCUT2D eigenvalue weighted by Gasteiger charge is -2.23. The highest BCUT2D eigenvalue weighted by Crippen LogP contribution is 2.15. The molecule has 0 aliphatic carbocycles. The molecule has 1 saturated heterocycles. The number of rotatable bonds is 7. The van der Waals surface area contributed by atoms with Gasteiger partial charge in [0, 0.05) is 6.54 Å². The van der Waals surface area contributed by atoms with Crippen LogP contribution in [-0.4, -0.2) is 54.2 Å². The molecule has 1 rings (SSSR count). The molecule has 1 aliphatic heterocycles. The average molecular weight is 356 g/mol. The molecule has 8 nitrogen and oxygen atoms in total. The van der Waals surface area contributed by atoms with Gasteiger partial charge < -0.3 is 16.4 Å². The molecule has 0 aromatic rings. The molecule has 2 atom stereocenters. The van der Waals surface area contributed by atoms with Crippen LogP contribution in [0.5, 0.6) is 0 Å². The first-order valence-corrected chi connectivity index (χ1v) is 9.27. The number of amides is 3. The normalized spacial score (nSPS) is 23.4. The van der Waals surface area contributed by atoms with E-state index < -0.39 is 12.0 Å². The summed E-state index contributed by atoms with van der Waals surface area (Å²) in [5.74, 6) is -1.01. The van der Waals surface area contributed by atoms with E-state index in [0.29, 0.717) is 37.4 Å². The highest BCUT2D eigenvalue weighted by Gasteiger charge is 2.26. The quantitative estimate of drug-likeness (QED) is 0.229. The van der Waals surface area contributed by atoms with Gasteiger partial charge in [0.15, 0.2) is 0 Å². The topological polar surface area (TPSA) is 125 Å². The maximum absolute atomic E-state index is 12.6. The number of nitrogens with one attached hydrogen (secondary N) is 2. The Kier molecular flexibility index (Phi) is 10.8.